The first-order chi connectivity index (χ1) is 7.74. The van der Waals surface area contributed by atoms with Crippen LogP contribution in [0.15, 0.2) is 24.4 Å². The highest BCUT2D eigenvalue weighted by atomic mass is 16.5. The van der Waals surface area contributed by atoms with E-state index in [1.807, 2.05) is 32.0 Å². The Balaban J connectivity index is 2.33. The van der Waals surface area contributed by atoms with Crippen molar-refractivity contribution in [2.45, 2.75) is 26.1 Å². The fourth-order valence-electron chi connectivity index (χ4n) is 1.31. The lowest BCUT2D eigenvalue weighted by Gasteiger charge is -2.16. The summed E-state index contributed by atoms with van der Waals surface area (Å²) in [4.78, 5) is 4.22. The molecule has 0 aromatic carbocycles. The van der Waals surface area contributed by atoms with Crippen molar-refractivity contribution in [3.8, 4) is 0 Å². The van der Waals surface area contributed by atoms with Crippen LogP contribution in [0.5, 0.6) is 0 Å². The number of aromatic nitrogens is 1. The summed E-state index contributed by atoms with van der Waals surface area (Å²) >= 11 is 0. The number of hydrogen-bond acceptors (Lipinski definition) is 4. The molecule has 0 spiro atoms. The molecule has 1 heterocycles. The van der Waals surface area contributed by atoms with Crippen molar-refractivity contribution in [2.75, 3.05) is 19.8 Å². The summed E-state index contributed by atoms with van der Waals surface area (Å²) in [6, 6.07) is 5.72. The van der Waals surface area contributed by atoms with E-state index < -0.39 is 0 Å². The van der Waals surface area contributed by atoms with Gasteiger partial charge in [-0.3, -0.25) is 4.98 Å². The molecule has 1 aromatic rings. The molecule has 1 atom stereocenters. The molecule has 0 bridgehead atoms. The third kappa shape index (κ3) is 4.70. The molecule has 4 nitrogen and oxygen atoms in total. The largest absolute Gasteiger partial charge is 0.376 e. The number of ether oxygens (including phenoxy) is 2. The summed E-state index contributed by atoms with van der Waals surface area (Å²) in [5, 5.41) is 0. The smallest absolute Gasteiger partial charge is 0.112 e. The zero-order chi connectivity index (χ0) is 11.8. The maximum Gasteiger partial charge on any atom is 0.112 e. The van der Waals surface area contributed by atoms with Gasteiger partial charge in [0.15, 0.2) is 0 Å². The van der Waals surface area contributed by atoms with Crippen molar-refractivity contribution in [3.05, 3.63) is 30.1 Å². The van der Waals surface area contributed by atoms with E-state index in [9.17, 15) is 0 Å². The molecule has 0 saturated carbocycles. The third-order valence-electron chi connectivity index (χ3n) is 2.09. The molecule has 1 aromatic heterocycles. The minimum atomic E-state index is -0.142. The van der Waals surface area contributed by atoms with Crippen molar-refractivity contribution in [3.63, 3.8) is 0 Å². The molecule has 0 aliphatic carbocycles. The van der Waals surface area contributed by atoms with Gasteiger partial charge in [0.1, 0.15) is 6.10 Å². The van der Waals surface area contributed by atoms with E-state index in [2.05, 4.69) is 4.98 Å². The molecule has 4 heteroatoms. The predicted octanol–water partition coefficient (Wildman–Crippen LogP) is 1.52. The Labute approximate surface area is 96.8 Å². The van der Waals surface area contributed by atoms with Crippen molar-refractivity contribution in [2.24, 2.45) is 5.73 Å². The Morgan fingerprint density at radius 3 is 2.56 bits per heavy atom. The summed E-state index contributed by atoms with van der Waals surface area (Å²) in [6.45, 7) is 5.55. The van der Waals surface area contributed by atoms with Crippen molar-refractivity contribution < 1.29 is 9.47 Å². The maximum absolute atomic E-state index is 5.64. The van der Waals surface area contributed by atoms with Gasteiger partial charge in [-0.2, -0.15) is 0 Å². The maximum atomic E-state index is 5.64. The molecule has 1 unspecified atom stereocenters. The van der Waals surface area contributed by atoms with Gasteiger partial charge < -0.3 is 15.2 Å². The molecule has 90 valence electrons. The van der Waals surface area contributed by atoms with Gasteiger partial charge in [0.2, 0.25) is 0 Å². The highest BCUT2D eigenvalue weighted by Crippen LogP contribution is 2.12. The topological polar surface area (TPSA) is 57.4 Å². The number of rotatable bonds is 7. The molecule has 0 amide bonds. The second kappa shape index (κ2) is 7.33. The van der Waals surface area contributed by atoms with E-state index in [0.29, 0.717) is 19.8 Å². The average molecular weight is 224 g/mol. The summed E-state index contributed by atoms with van der Waals surface area (Å²) in [7, 11) is 0. The van der Waals surface area contributed by atoms with Crippen LogP contribution in [0, 0.1) is 0 Å². The molecular weight excluding hydrogens is 204 g/mol. The summed E-state index contributed by atoms with van der Waals surface area (Å²) < 4.78 is 11.0. The normalized spacial score (nSPS) is 13.0. The Morgan fingerprint density at radius 1 is 1.25 bits per heavy atom. The van der Waals surface area contributed by atoms with Crippen LogP contribution >= 0.6 is 0 Å². The molecule has 16 heavy (non-hydrogen) atoms. The molecule has 1 rings (SSSR count). The highest BCUT2D eigenvalue weighted by molar-refractivity contribution is 5.07. The van der Waals surface area contributed by atoms with Gasteiger partial charge in [0, 0.05) is 12.7 Å². The zero-order valence-corrected chi connectivity index (χ0v) is 9.93. The van der Waals surface area contributed by atoms with Gasteiger partial charge in [-0.1, -0.05) is 6.07 Å². The molecule has 0 aliphatic rings. The molecular formula is C12H20N2O2. The lowest BCUT2D eigenvalue weighted by Crippen LogP contribution is -2.19. The van der Waals surface area contributed by atoms with Crippen LogP contribution in [0.3, 0.4) is 0 Å². The summed E-state index contributed by atoms with van der Waals surface area (Å²) in [6.07, 6.45) is 1.83. The Hall–Kier alpha value is -0.970. The first-order valence-corrected chi connectivity index (χ1v) is 5.58. The highest BCUT2D eigenvalue weighted by Gasteiger charge is 2.10. The molecule has 0 radical (unpaired) electrons. The molecule has 0 saturated heterocycles. The second-order valence-corrected chi connectivity index (χ2v) is 3.77. The molecule has 0 aliphatic heterocycles. The van der Waals surface area contributed by atoms with Gasteiger partial charge in [0.05, 0.1) is 25.0 Å². The Bertz CT molecular complexity index is 278. The summed E-state index contributed by atoms with van der Waals surface area (Å²) in [5.74, 6) is 0. The van der Waals surface area contributed by atoms with Crippen molar-refractivity contribution in [1.29, 1.82) is 0 Å². The van der Waals surface area contributed by atoms with Gasteiger partial charge in [-0.25, -0.2) is 0 Å². The van der Waals surface area contributed by atoms with Crippen LogP contribution < -0.4 is 5.73 Å². The first kappa shape index (κ1) is 13.1. The van der Waals surface area contributed by atoms with E-state index in [1.54, 1.807) is 6.20 Å². The standard InChI is InChI=1S/C12H20N2O2/c1-10(2)15-7-8-16-12(9-13)11-5-3-4-6-14-11/h3-6,10,12H,7-9,13H2,1-2H3. The van der Waals surface area contributed by atoms with E-state index >= 15 is 0 Å². The SMILES string of the molecule is CC(C)OCCOC(CN)c1ccccn1. The van der Waals surface area contributed by atoms with Crippen LogP contribution in [-0.4, -0.2) is 30.8 Å². The van der Waals surface area contributed by atoms with E-state index in [1.165, 1.54) is 0 Å². The number of hydrogen-bond donors (Lipinski definition) is 1. The summed E-state index contributed by atoms with van der Waals surface area (Å²) in [5.41, 5.74) is 6.51. The second-order valence-electron chi connectivity index (χ2n) is 3.77. The van der Waals surface area contributed by atoms with E-state index in [0.717, 1.165) is 5.69 Å². The van der Waals surface area contributed by atoms with E-state index in [-0.39, 0.29) is 12.2 Å². The minimum absolute atomic E-state index is 0.142. The number of nitrogens with zero attached hydrogens (tertiary/aromatic N) is 1. The first-order valence-electron chi connectivity index (χ1n) is 5.58. The predicted molar refractivity (Wildman–Crippen MR) is 63.1 cm³/mol. The zero-order valence-electron chi connectivity index (χ0n) is 9.93. The number of nitrogens with two attached hydrogens (primary N) is 1. The van der Waals surface area contributed by atoms with Crippen LogP contribution in [0.25, 0.3) is 0 Å². The van der Waals surface area contributed by atoms with Crippen LogP contribution in [0.4, 0.5) is 0 Å². The van der Waals surface area contributed by atoms with Crippen LogP contribution in [0.1, 0.15) is 25.6 Å². The Kier molecular flexibility index (Phi) is 6.00. The quantitative estimate of drug-likeness (QED) is 0.713. The number of pyridine rings is 1. The third-order valence-corrected chi connectivity index (χ3v) is 2.09. The lowest BCUT2D eigenvalue weighted by atomic mass is 10.2. The van der Waals surface area contributed by atoms with Crippen LogP contribution in [-0.2, 0) is 9.47 Å². The average Bonchev–Trinajstić information content (AvgIpc) is 2.30. The fourth-order valence-corrected chi connectivity index (χ4v) is 1.31. The lowest BCUT2D eigenvalue weighted by molar-refractivity contribution is -0.0117. The van der Waals surface area contributed by atoms with Gasteiger partial charge >= 0.3 is 0 Å². The molecule has 2 N–H and O–H groups in total. The van der Waals surface area contributed by atoms with E-state index in [4.69, 9.17) is 15.2 Å². The van der Waals surface area contributed by atoms with Crippen molar-refractivity contribution >= 4 is 0 Å². The van der Waals surface area contributed by atoms with Gasteiger partial charge in [-0.05, 0) is 26.0 Å². The monoisotopic (exact) mass is 224 g/mol. The Morgan fingerprint density at radius 2 is 2.00 bits per heavy atom. The molecule has 0 fully saturated rings. The van der Waals surface area contributed by atoms with Gasteiger partial charge in [0.25, 0.3) is 0 Å². The minimum Gasteiger partial charge on any atom is -0.376 e. The van der Waals surface area contributed by atoms with Gasteiger partial charge in [-0.15, -0.1) is 0 Å². The van der Waals surface area contributed by atoms with Crippen LogP contribution in [0.2, 0.25) is 0 Å². The fraction of sp³-hybridized carbons (Fsp3) is 0.583. The van der Waals surface area contributed by atoms with Crippen molar-refractivity contribution in [1.82, 2.24) is 4.98 Å².